The molecule has 0 saturated heterocycles. The van der Waals surface area contributed by atoms with Crippen molar-refractivity contribution in [3.05, 3.63) is 29.6 Å². The summed E-state index contributed by atoms with van der Waals surface area (Å²) in [6, 6.07) is 5.00. The Labute approximate surface area is 88.0 Å². The van der Waals surface area contributed by atoms with Crippen LogP contribution in [0.5, 0.6) is 0 Å². The molecule has 4 heteroatoms. The molecule has 1 heterocycles. The van der Waals surface area contributed by atoms with E-state index in [1.54, 1.807) is 18.2 Å². The lowest BCUT2D eigenvalue weighted by Gasteiger charge is -2.13. The van der Waals surface area contributed by atoms with Crippen molar-refractivity contribution in [1.29, 1.82) is 0 Å². The smallest absolute Gasteiger partial charge is 0.303 e. The standard InChI is InChI=1S/C11H14FNO2/c1-11(2,12)9-5-3-4-8(13-9)6-7-10(14)15/h3-5H,6-7H2,1-2H3,(H,14,15). The maximum absolute atomic E-state index is 13.5. The molecule has 1 N–H and O–H groups in total. The monoisotopic (exact) mass is 211 g/mol. The van der Waals surface area contributed by atoms with E-state index in [0.29, 0.717) is 17.8 Å². The van der Waals surface area contributed by atoms with Gasteiger partial charge >= 0.3 is 5.97 Å². The maximum Gasteiger partial charge on any atom is 0.303 e. The predicted molar refractivity (Wildman–Crippen MR) is 54.3 cm³/mol. The van der Waals surface area contributed by atoms with Crippen LogP contribution < -0.4 is 0 Å². The predicted octanol–water partition coefficient (Wildman–Crippen LogP) is 2.30. The average Bonchev–Trinajstić information content (AvgIpc) is 2.14. The van der Waals surface area contributed by atoms with Gasteiger partial charge in [0.05, 0.1) is 12.1 Å². The van der Waals surface area contributed by atoms with Crippen molar-refractivity contribution >= 4 is 5.97 Å². The number of nitrogens with zero attached hydrogens (tertiary/aromatic N) is 1. The molecule has 82 valence electrons. The van der Waals surface area contributed by atoms with Gasteiger partial charge in [0.1, 0.15) is 5.67 Å². The zero-order valence-corrected chi connectivity index (χ0v) is 8.83. The minimum Gasteiger partial charge on any atom is -0.481 e. The minimum absolute atomic E-state index is 0.0170. The molecule has 0 unspecified atom stereocenters. The number of halogens is 1. The van der Waals surface area contributed by atoms with Crippen molar-refractivity contribution in [2.24, 2.45) is 0 Å². The number of aryl methyl sites for hydroxylation is 1. The van der Waals surface area contributed by atoms with Crippen molar-refractivity contribution < 1.29 is 14.3 Å². The molecule has 0 aromatic carbocycles. The molecule has 0 spiro atoms. The summed E-state index contributed by atoms with van der Waals surface area (Å²) in [6.07, 6.45) is 0.350. The SMILES string of the molecule is CC(C)(F)c1cccc(CCC(=O)O)n1. The molecule has 0 aliphatic carbocycles. The number of rotatable bonds is 4. The Kier molecular flexibility index (Phi) is 3.39. The molecule has 0 aliphatic heterocycles. The molecule has 0 fully saturated rings. The molecular weight excluding hydrogens is 197 g/mol. The molecule has 3 nitrogen and oxygen atoms in total. The third-order valence-corrected chi connectivity index (χ3v) is 2.01. The first-order chi connectivity index (χ1) is 6.89. The number of hydrogen-bond donors (Lipinski definition) is 1. The van der Waals surface area contributed by atoms with Crippen molar-refractivity contribution in [3.8, 4) is 0 Å². The zero-order valence-electron chi connectivity index (χ0n) is 8.83. The van der Waals surface area contributed by atoms with E-state index >= 15 is 0 Å². The van der Waals surface area contributed by atoms with Gasteiger partial charge in [-0.25, -0.2) is 4.39 Å². The van der Waals surface area contributed by atoms with Crippen LogP contribution in [0.1, 0.15) is 31.7 Å². The Morgan fingerprint density at radius 1 is 1.53 bits per heavy atom. The topological polar surface area (TPSA) is 50.2 Å². The number of pyridine rings is 1. The van der Waals surface area contributed by atoms with Gasteiger partial charge in [-0.05, 0) is 26.0 Å². The number of aliphatic carboxylic acids is 1. The fraction of sp³-hybridized carbons (Fsp3) is 0.455. The van der Waals surface area contributed by atoms with E-state index in [9.17, 15) is 9.18 Å². The molecule has 1 aromatic heterocycles. The summed E-state index contributed by atoms with van der Waals surface area (Å²) in [5.41, 5.74) is -0.537. The lowest BCUT2D eigenvalue weighted by atomic mass is 10.1. The Morgan fingerprint density at radius 2 is 2.20 bits per heavy atom. The van der Waals surface area contributed by atoms with Gasteiger partial charge in [0.2, 0.25) is 0 Å². The first-order valence-electron chi connectivity index (χ1n) is 4.77. The summed E-state index contributed by atoms with van der Waals surface area (Å²) < 4.78 is 13.5. The van der Waals surface area contributed by atoms with Gasteiger partial charge in [0.25, 0.3) is 0 Å². The van der Waals surface area contributed by atoms with Gasteiger partial charge in [0.15, 0.2) is 0 Å². The average molecular weight is 211 g/mol. The Balaban J connectivity index is 2.79. The van der Waals surface area contributed by atoms with Crippen LogP contribution in [-0.4, -0.2) is 16.1 Å². The maximum atomic E-state index is 13.5. The highest BCUT2D eigenvalue weighted by atomic mass is 19.1. The van der Waals surface area contributed by atoms with Crippen LogP contribution in [0.15, 0.2) is 18.2 Å². The molecule has 1 rings (SSSR count). The van der Waals surface area contributed by atoms with E-state index in [1.165, 1.54) is 13.8 Å². The Bertz CT molecular complexity index is 358. The molecule has 15 heavy (non-hydrogen) atoms. The van der Waals surface area contributed by atoms with E-state index in [0.717, 1.165) is 0 Å². The zero-order chi connectivity index (χ0) is 11.5. The number of carboxylic acids is 1. The van der Waals surface area contributed by atoms with E-state index in [2.05, 4.69) is 4.98 Å². The summed E-state index contributed by atoms with van der Waals surface area (Å²) in [5, 5.41) is 8.50. The number of hydrogen-bond acceptors (Lipinski definition) is 2. The van der Waals surface area contributed by atoms with Crippen molar-refractivity contribution in [3.63, 3.8) is 0 Å². The molecule has 0 aliphatic rings. The first-order valence-corrected chi connectivity index (χ1v) is 4.77. The molecule has 0 radical (unpaired) electrons. The summed E-state index contributed by atoms with van der Waals surface area (Å²) >= 11 is 0. The fourth-order valence-electron chi connectivity index (χ4n) is 1.18. The van der Waals surface area contributed by atoms with Crippen LogP contribution in [0.3, 0.4) is 0 Å². The van der Waals surface area contributed by atoms with Gasteiger partial charge in [0, 0.05) is 12.1 Å². The lowest BCUT2D eigenvalue weighted by molar-refractivity contribution is -0.136. The van der Waals surface area contributed by atoms with Gasteiger partial charge in [-0.3, -0.25) is 9.78 Å². The normalized spacial score (nSPS) is 11.4. The molecular formula is C11H14FNO2. The molecule has 1 aromatic rings. The highest BCUT2D eigenvalue weighted by molar-refractivity contribution is 5.66. The second-order valence-corrected chi connectivity index (χ2v) is 3.88. The van der Waals surface area contributed by atoms with E-state index in [4.69, 9.17) is 5.11 Å². The quantitative estimate of drug-likeness (QED) is 0.831. The van der Waals surface area contributed by atoms with Gasteiger partial charge < -0.3 is 5.11 Å². The second-order valence-electron chi connectivity index (χ2n) is 3.88. The fourth-order valence-corrected chi connectivity index (χ4v) is 1.18. The molecule has 0 bridgehead atoms. The first kappa shape index (κ1) is 11.6. The van der Waals surface area contributed by atoms with Crippen molar-refractivity contribution in [2.45, 2.75) is 32.4 Å². The number of aromatic nitrogens is 1. The van der Waals surface area contributed by atoms with Crippen LogP contribution >= 0.6 is 0 Å². The Hall–Kier alpha value is -1.45. The minimum atomic E-state index is -1.49. The van der Waals surface area contributed by atoms with Crippen molar-refractivity contribution in [1.82, 2.24) is 4.98 Å². The largest absolute Gasteiger partial charge is 0.481 e. The van der Waals surface area contributed by atoms with Crippen LogP contribution in [0.4, 0.5) is 4.39 Å². The third kappa shape index (κ3) is 3.65. The summed E-state index contributed by atoms with van der Waals surface area (Å²) in [4.78, 5) is 14.4. The van der Waals surface area contributed by atoms with Crippen LogP contribution in [-0.2, 0) is 16.9 Å². The van der Waals surface area contributed by atoms with E-state index in [1.807, 2.05) is 0 Å². The van der Waals surface area contributed by atoms with E-state index in [-0.39, 0.29) is 6.42 Å². The number of alkyl halides is 1. The highest BCUT2D eigenvalue weighted by Crippen LogP contribution is 2.22. The van der Waals surface area contributed by atoms with Gasteiger partial charge in [-0.1, -0.05) is 6.07 Å². The molecule has 0 amide bonds. The number of carbonyl (C=O) groups is 1. The third-order valence-electron chi connectivity index (χ3n) is 2.01. The summed E-state index contributed by atoms with van der Waals surface area (Å²) in [6.45, 7) is 2.85. The lowest BCUT2D eigenvalue weighted by Crippen LogP contribution is -2.12. The molecule has 0 atom stereocenters. The van der Waals surface area contributed by atoms with Crippen LogP contribution in [0.25, 0.3) is 0 Å². The summed E-state index contributed by atoms with van der Waals surface area (Å²) in [7, 11) is 0. The molecule has 0 saturated carbocycles. The second kappa shape index (κ2) is 4.38. The Morgan fingerprint density at radius 3 is 2.73 bits per heavy atom. The van der Waals surface area contributed by atoms with Crippen molar-refractivity contribution in [2.75, 3.05) is 0 Å². The van der Waals surface area contributed by atoms with Crippen LogP contribution in [0, 0.1) is 0 Å². The van der Waals surface area contributed by atoms with Gasteiger partial charge in [-0.2, -0.15) is 0 Å². The summed E-state index contributed by atoms with van der Waals surface area (Å²) in [5.74, 6) is -0.873. The highest BCUT2D eigenvalue weighted by Gasteiger charge is 2.20. The van der Waals surface area contributed by atoms with Gasteiger partial charge in [-0.15, -0.1) is 0 Å². The van der Waals surface area contributed by atoms with E-state index < -0.39 is 11.6 Å². The van der Waals surface area contributed by atoms with Crippen LogP contribution in [0.2, 0.25) is 0 Å². The number of carboxylic acid groups (broad SMARTS) is 1.